The van der Waals surface area contributed by atoms with Crippen LogP contribution in [-0.4, -0.2) is 30.2 Å². The van der Waals surface area contributed by atoms with E-state index in [9.17, 15) is 36.2 Å². The molecule has 1 aliphatic carbocycles. The summed E-state index contributed by atoms with van der Waals surface area (Å²) < 4.78 is 83.7. The summed E-state index contributed by atoms with van der Waals surface area (Å²) in [6.45, 7) is -1.60. The molecule has 0 spiro atoms. The number of carbonyl (C=O) groups is 1. The van der Waals surface area contributed by atoms with Crippen LogP contribution in [0.15, 0.2) is 42.5 Å². The molecule has 0 bridgehead atoms. The van der Waals surface area contributed by atoms with E-state index in [-0.39, 0.29) is 16.9 Å². The van der Waals surface area contributed by atoms with Crippen LogP contribution in [0.5, 0.6) is 11.5 Å². The molecule has 0 heterocycles. The second-order valence-corrected chi connectivity index (χ2v) is 6.93. The first kappa shape index (κ1) is 21.8. The maximum Gasteiger partial charge on any atom is 0.573 e. The molecule has 10 heteroatoms. The van der Waals surface area contributed by atoms with Crippen LogP contribution in [0, 0.1) is 0 Å². The average Bonchev–Trinajstić information content (AvgIpc) is 2.57. The number of hydrogen-bond donors (Lipinski definition) is 1. The fourth-order valence-corrected chi connectivity index (χ4v) is 3.33. The minimum Gasteiger partial charge on any atom is -0.483 e. The van der Waals surface area contributed by atoms with Crippen LogP contribution >= 0.6 is 0 Å². The third-order valence-corrected chi connectivity index (χ3v) is 4.94. The second kappa shape index (κ2) is 7.73. The first-order valence-corrected chi connectivity index (χ1v) is 8.83. The van der Waals surface area contributed by atoms with Gasteiger partial charge in [-0.3, -0.25) is 4.79 Å². The Morgan fingerprint density at radius 3 is 2.10 bits per heavy atom. The van der Waals surface area contributed by atoms with Gasteiger partial charge in [0.05, 0.1) is 5.41 Å². The number of hydrogen-bond acceptors (Lipinski definition) is 3. The quantitative estimate of drug-likeness (QED) is 0.593. The molecule has 2 aromatic rings. The molecule has 30 heavy (non-hydrogen) atoms. The van der Waals surface area contributed by atoms with Crippen molar-refractivity contribution in [3.63, 3.8) is 0 Å². The van der Waals surface area contributed by atoms with Gasteiger partial charge in [0.2, 0.25) is 0 Å². The fourth-order valence-electron chi connectivity index (χ4n) is 3.33. The lowest BCUT2D eigenvalue weighted by Crippen LogP contribution is -2.42. The first-order chi connectivity index (χ1) is 13.9. The second-order valence-electron chi connectivity index (χ2n) is 6.93. The molecule has 0 radical (unpaired) electrons. The molecule has 0 saturated heterocycles. The summed E-state index contributed by atoms with van der Waals surface area (Å²) in [6.07, 6.45) is -8.13. The Kier molecular flexibility index (Phi) is 5.62. The summed E-state index contributed by atoms with van der Waals surface area (Å²) >= 11 is 0. The molecule has 3 rings (SSSR count). The summed E-state index contributed by atoms with van der Waals surface area (Å²) in [6, 6.07) is 8.69. The van der Waals surface area contributed by atoms with E-state index in [1.807, 2.05) is 0 Å². The van der Waals surface area contributed by atoms with Crippen molar-refractivity contribution in [1.29, 1.82) is 0 Å². The molecule has 2 aromatic carbocycles. The number of carboxylic acid groups (broad SMARTS) is 1. The number of benzene rings is 2. The van der Waals surface area contributed by atoms with Crippen LogP contribution in [0.2, 0.25) is 0 Å². The Bertz CT molecular complexity index is 914. The van der Waals surface area contributed by atoms with Gasteiger partial charge in [0, 0.05) is 5.56 Å². The van der Waals surface area contributed by atoms with E-state index in [0.717, 1.165) is 12.1 Å². The average molecular weight is 434 g/mol. The third kappa shape index (κ3) is 4.80. The van der Waals surface area contributed by atoms with Gasteiger partial charge < -0.3 is 14.6 Å². The maximum atomic E-state index is 12.7. The topological polar surface area (TPSA) is 55.8 Å². The molecular formula is C20H16F6O4. The van der Waals surface area contributed by atoms with Crippen molar-refractivity contribution in [3.8, 4) is 22.6 Å². The highest BCUT2D eigenvalue weighted by Crippen LogP contribution is 2.46. The molecule has 1 saturated carbocycles. The lowest BCUT2D eigenvalue weighted by atomic mass is 9.64. The Hall–Kier alpha value is -2.91. The predicted octanol–water partition coefficient (Wildman–Crippen LogP) is 5.70. The van der Waals surface area contributed by atoms with E-state index in [4.69, 9.17) is 4.74 Å². The number of carboxylic acids is 1. The Labute approximate surface area is 167 Å². The van der Waals surface area contributed by atoms with Crippen LogP contribution in [0.1, 0.15) is 24.8 Å². The number of halogens is 6. The van der Waals surface area contributed by atoms with E-state index in [1.54, 1.807) is 0 Å². The van der Waals surface area contributed by atoms with E-state index >= 15 is 0 Å². The molecule has 1 fully saturated rings. The predicted molar refractivity (Wildman–Crippen MR) is 93.3 cm³/mol. The van der Waals surface area contributed by atoms with Crippen molar-refractivity contribution in [2.75, 3.05) is 6.61 Å². The van der Waals surface area contributed by atoms with E-state index in [2.05, 4.69) is 4.74 Å². The fraction of sp³-hybridized carbons (Fsp3) is 0.350. The van der Waals surface area contributed by atoms with E-state index in [1.165, 1.54) is 30.3 Å². The Balaban J connectivity index is 1.97. The summed E-state index contributed by atoms with van der Waals surface area (Å²) in [5, 5.41) is 9.57. The highest BCUT2D eigenvalue weighted by atomic mass is 19.4. The molecule has 0 amide bonds. The summed E-state index contributed by atoms with van der Waals surface area (Å²) in [5.74, 6) is -1.77. The number of rotatable bonds is 6. The zero-order valence-electron chi connectivity index (χ0n) is 15.3. The number of ether oxygens (including phenoxy) is 2. The number of alkyl halides is 6. The molecule has 1 N–H and O–H groups in total. The normalized spacial score (nSPS) is 15.9. The van der Waals surface area contributed by atoms with Gasteiger partial charge in [-0.05, 0) is 42.2 Å². The molecule has 0 aliphatic heterocycles. The minimum atomic E-state index is -4.88. The van der Waals surface area contributed by atoms with Gasteiger partial charge in [0.1, 0.15) is 11.5 Å². The van der Waals surface area contributed by atoms with E-state index < -0.39 is 36.3 Å². The van der Waals surface area contributed by atoms with Crippen LogP contribution in [0.3, 0.4) is 0 Å². The summed E-state index contributed by atoms with van der Waals surface area (Å²) in [7, 11) is 0. The Morgan fingerprint density at radius 2 is 1.63 bits per heavy atom. The zero-order valence-corrected chi connectivity index (χ0v) is 15.3. The van der Waals surface area contributed by atoms with Crippen molar-refractivity contribution in [2.45, 2.75) is 37.2 Å². The number of aliphatic carboxylic acids is 1. The van der Waals surface area contributed by atoms with Crippen LogP contribution in [-0.2, 0) is 10.2 Å². The Morgan fingerprint density at radius 1 is 1.00 bits per heavy atom. The van der Waals surface area contributed by atoms with Crippen molar-refractivity contribution in [1.82, 2.24) is 0 Å². The van der Waals surface area contributed by atoms with Crippen LogP contribution in [0.25, 0.3) is 11.1 Å². The van der Waals surface area contributed by atoms with Gasteiger partial charge in [-0.25, -0.2) is 0 Å². The molecular weight excluding hydrogens is 418 g/mol. The molecule has 0 atom stereocenters. The zero-order chi connectivity index (χ0) is 22.2. The summed E-state index contributed by atoms with van der Waals surface area (Å²) in [4.78, 5) is 11.7. The highest BCUT2D eigenvalue weighted by Gasteiger charge is 2.46. The largest absolute Gasteiger partial charge is 0.573 e. The SMILES string of the molecule is O=C(O)C1(c2ccc(-c3ccc(OC(F)(F)F)cc3)c(OCC(F)(F)F)c2)CCC1. The van der Waals surface area contributed by atoms with E-state index in [0.29, 0.717) is 24.8 Å². The lowest BCUT2D eigenvalue weighted by Gasteiger charge is -2.38. The van der Waals surface area contributed by atoms with Gasteiger partial charge in [-0.1, -0.05) is 30.7 Å². The van der Waals surface area contributed by atoms with Crippen molar-refractivity contribution >= 4 is 5.97 Å². The molecule has 1 aliphatic rings. The lowest BCUT2D eigenvalue weighted by molar-refractivity contribution is -0.274. The minimum absolute atomic E-state index is 0.182. The molecule has 4 nitrogen and oxygen atoms in total. The smallest absolute Gasteiger partial charge is 0.483 e. The van der Waals surface area contributed by atoms with Crippen LogP contribution in [0.4, 0.5) is 26.3 Å². The van der Waals surface area contributed by atoms with Crippen LogP contribution < -0.4 is 9.47 Å². The van der Waals surface area contributed by atoms with Gasteiger partial charge in [0.15, 0.2) is 6.61 Å². The highest BCUT2D eigenvalue weighted by molar-refractivity contribution is 5.83. The third-order valence-electron chi connectivity index (χ3n) is 4.94. The van der Waals surface area contributed by atoms with Gasteiger partial charge in [-0.15, -0.1) is 13.2 Å². The molecule has 0 unspecified atom stereocenters. The van der Waals surface area contributed by atoms with Crippen molar-refractivity contribution in [3.05, 3.63) is 48.0 Å². The monoisotopic (exact) mass is 434 g/mol. The van der Waals surface area contributed by atoms with Gasteiger partial charge in [-0.2, -0.15) is 13.2 Å². The van der Waals surface area contributed by atoms with Gasteiger partial charge >= 0.3 is 18.5 Å². The maximum absolute atomic E-state index is 12.7. The standard InChI is InChI=1S/C20H16F6O4/c21-19(22,23)11-29-16-10-13(18(17(27)28)8-1-9-18)4-7-15(16)12-2-5-14(6-3-12)30-20(24,25)26/h2-7,10H,1,8-9,11H2,(H,27,28). The summed E-state index contributed by atoms with van der Waals surface area (Å²) in [5.41, 5.74) is -0.397. The molecule has 0 aromatic heterocycles. The first-order valence-electron chi connectivity index (χ1n) is 8.83. The van der Waals surface area contributed by atoms with Crippen molar-refractivity contribution in [2.24, 2.45) is 0 Å². The van der Waals surface area contributed by atoms with Gasteiger partial charge in [0.25, 0.3) is 0 Å². The molecule has 162 valence electrons. The van der Waals surface area contributed by atoms with Crippen molar-refractivity contribution < 1.29 is 45.7 Å².